The van der Waals surface area contributed by atoms with Gasteiger partial charge >= 0.3 is 0 Å². The lowest BCUT2D eigenvalue weighted by atomic mass is 9.99. The van der Waals surface area contributed by atoms with Crippen LogP contribution in [0.3, 0.4) is 0 Å². The highest BCUT2D eigenvalue weighted by molar-refractivity contribution is 6.12. The number of rotatable bonds is 8. The van der Waals surface area contributed by atoms with E-state index < -0.39 is 0 Å². The molecule has 0 saturated heterocycles. The second kappa shape index (κ2) is 9.09. The van der Waals surface area contributed by atoms with Crippen LogP contribution in [0.15, 0.2) is 91.5 Å². The number of imidazole rings is 1. The molecular formula is C25H21N3O2. The lowest BCUT2D eigenvalue weighted by molar-refractivity contribution is 0.0891. The van der Waals surface area contributed by atoms with Gasteiger partial charge in [0.15, 0.2) is 11.6 Å². The molecule has 2 heterocycles. The first-order valence-corrected chi connectivity index (χ1v) is 9.78. The van der Waals surface area contributed by atoms with Gasteiger partial charge in [-0.05, 0) is 35.7 Å². The number of carbonyl (C=O) groups is 2. The van der Waals surface area contributed by atoms with Crippen LogP contribution < -0.4 is 0 Å². The summed E-state index contributed by atoms with van der Waals surface area (Å²) in [6.07, 6.45) is 5.52. The van der Waals surface area contributed by atoms with E-state index in [-0.39, 0.29) is 18.0 Å². The standard InChI is InChI=1S/C25H21N3O2/c29-24(21-10-6-9-20(14-21)13-19-7-2-1-3-8-19)15-25(30)23-17-28(18-27-23)16-22-11-4-5-12-26-22/h1-12,14,17-18H,13,15-16H2. The highest BCUT2D eigenvalue weighted by Crippen LogP contribution is 2.14. The van der Waals surface area contributed by atoms with E-state index in [1.165, 1.54) is 5.56 Å². The normalized spacial score (nSPS) is 10.7. The molecule has 4 rings (SSSR count). The van der Waals surface area contributed by atoms with Crippen LogP contribution in [0, 0.1) is 0 Å². The van der Waals surface area contributed by atoms with Crippen LogP contribution in [0.2, 0.25) is 0 Å². The van der Waals surface area contributed by atoms with Gasteiger partial charge in [-0.2, -0.15) is 0 Å². The molecule has 0 bridgehead atoms. The Morgan fingerprint density at radius 1 is 0.800 bits per heavy atom. The molecule has 0 atom stereocenters. The molecule has 0 amide bonds. The van der Waals surface area contributed by atoms with Crippen molar-refractivity contribution < 1.29 is 9.59 Å². The first kappa shape index (κ1) is 19.5. The number of aromatic nitrogens is 3. The Kier molecular flexibility index (Phi) is 5.90. The van der Waals surface area contributed by atoms with Crippen molar-refractivity contribution >= 4 is 11.6 Å². The van der Waals surface area contributed by atoms with Crippen LogP contribution in [0.1, 0.15) is 44.1 Å². The van der Waals surface area contributed by atoms with Crippen molar-refractivity contribution in [3.8, 4) is 0 Å². The number of carbonyl (C=O) groups excluding carboxylic acids is 2. The first-order chi connectivity index (χ1) is 14.7. The highest BCUT2D eigenvalue weighted by atomic mass is 16.1. The maximum atomic E-state index is 12.7. The molecule has 4 aromatic rings. The predicted octanol–water partition coefficient (Wildman–Crippen LogP) is 4.37. The molecule has 0 aliphatic carbocycles. The number of ketones is 2. The maximum Gasteiger partial charge on any atom is 0.190 e. The highest BCUT2D eigenvalue weighted by Gasteiger charge is 2.16. The van der Waals surface area contributed by atoms with Gasteiger partial charge < -0.3 is 4.57 Å². The van der Waals surface area contributed by atoms with Crippen LogP contribution in [-0.4, -0.2) is 26.1 Å². The average molecular weight is 395 g/mol. The van der Waals surface area contributed by atoms with E-state index in [1.807, 2.05) is 54.6 Å². The minimum absolute atomic E-state index is 0.199. The molecular weight excluding hydrogens is 374 g/mol. The van der Waals surface area contributed by atoms with Crippen molar-refractivity contribution in [1.82, 2.24) is 14.5 Å². The molecule has 0 unspecified atom stereocenters. The zero-order chi connectivity index (χ0) is 20.8. The van der Waals surface area contributed by atoms with Gasteiger partial charge in [-0.25, -0.2) is 4.98 Å². The Hall–Kier alpha value is -3.86. The third-order valence-corrected chi connectivity index (χ3v) is 4.81. The van der Waals surface area contributed by atoms with Crippen LogP contribution in [0.5, 0.6) is 0 Å². The molecule has 30 heavy (non-hydrogen) atoms. The summed E-state index contributed by atoms with van der Waals surface area (Å²) in [5, 5.41) is 0. The van der Waals surface area contributed by atoms with Gasteiger partial charge in [-0.3, -0.25) is 14.6 Å². The lowest BCUT2D eigenvalue weighted by Crippen LogP contribution is -2.09. The number of hydrogen-bond acceptors (Lipinski definition) is 4. The Labute approximate surface area is 175 Å². The van der Waals surface area contributed by atoms with E-state index in [0.29, 0.717) is 17.8 Å². The summed E-state index contributed by atoms with van der Waals surface area (Å²) in [6, 6.07) is 23.2. The summed E-state index contributed by atoms with van der Waals surface area (Å²) in [5.74, 6) is -0.484. The van der Waals surface area contributed by atoms with E-state index in [9.17, 15) is 9.59 Å². The minimum Gasteiger partial charge on any atom is -0.331 e. The molecule has 0 radical (unpaired) electrons. The molecule has 0 spiro atoms. The Morgan fingerprint density at radius 2 is 1.60 bits per heavy atom. The van der Waals surface area contributed by atoms with Crippen LogP contribution in [0.25, 0.3) is 0 Å². The van der Waals surface area contributed by atoms with Crippen LogP contribution >= 0.6 is 0 Å². The van der Waals surface area contributed by atoms with Gasteiger partial charge in [-0.1, -0.05) is 54.6 Å². The molecule has 2 aromatic carbocycles. The third-order valence-electron chi connectivity index (χ3n) is 4.81. The van der Waals surface area contributed by atoms with Gasteiger partial charge in [-0.15, -0.1) is 0 Å². The maximum absolute atomic E-state index is 12.7. The number of Topliss-reactive ketones (excluding diaryl/α,β-unsaturated/α-hetero) is 2. The summed E-state index contributed by atoms with van der Waals surface area (Å²) < 4.78 is 1.79. The fraction of sp³-hybridized carbons (Fsp3) is 0.120. The lowest BCUT2D eigenvalue weighted by Gasteiger charge is -2.05. The summed E-state index contributed by atoms with van der Waals surface area (Å²) >= 11 is 0. The molecule has 0 fully saturated rings. The minimum atomic E-state index is -0.284. The summed E-state index contributed by atoms with van der Waals surface area (Å²) in [7, 11) is 0. The van der Waals surface area contributed by atoms with Crippen LogP contribution in [-0.2, 0) is 13.0 Å². The molecule has 2 aromatic heterocycles. The number of pyridine rings is 1. The zero-order valence-electron chi connectivity index (χ0n) is 16.4. The average Bonchev–Trinajstić information content (AvgIpc) is 3.24. The molecule has 0 aliphatic rings. The first-order valence-electron chi connectivity index (χ1n) is 9.78. The van der Waals surface area contributed by atoms with Gasteiger partial charge in [0.2, 0.25) is 0 Å². The van der Waals surface area contributed by atoms with Crippen molar-refractivity contribution in [2.24, 2.45) is 0 Å². The number of hydrogen-bond donors (Lipinski definition) is 0. The zero-order valence-corrected chi connectivity index (χ0v) is 16.4. The Bertz CT molecular complexity index is 1150. The Balaban J connectivity index is 1.40. The monoisotopic (exact) mass is 395 g/mol. The SMILES string of the molecule is O=C(CC(=O)c1cn(Cc2ccccn2)cn1)c1cccc(Cc2ccccc2)c1. The quantitative estimate of drug-likeness (QED) is 0.328. The van der Waals surface area contributed by atoms with Crippen molar-refractivity contribution in [3.63, 3.8) is 0 Å². The molecule has 0 N–H and O–H groups in total. The van der Waals surface area contributed by atoms with Crippen molar-refractivity contribution in [3.05, 3.63) is 120 Å². The van der Waals surface area contributed by atoms with E-state index in [2.05, 4.69) is 22.1 Å². The summed E-state index contributed by atoms with van der Waals surface area (Å²) in [6.45, 7) is 0.524. The molecule has 0 aliphatic heterocycles. The third kappa shape index (κ3) is 4.94. The molecule has 5 nitrogen and oxygen atoms in total. The second-order valence-corrected chi connectivity index (χ2v) is 7.14. The summed E-state index contributed by atoms with van der Waals surface area (Å²) in [4.78, 5) is 33.7. The Morgan fingerprint density at radius 3 is 2.40 bits per heavy atom. The number of nitrogens with zero attached hydrogens (tertiary/aromatic N) is 3. The topological polar surface area (TPSA) is 64.8 Å². The second-order valence-electron chi connectivity index (χ2n) is 7.14. The summed E-state index contributed by atoms with van der Waals surface area (Å²) in [5.41, 5.74) is 3.93. The molecule has 5 heteroatoms. The van der Waals surface area contributed by atoms with E-state index in [4.69, 9.17) is 0 Å². The van der Waals surface area contributed by atoms with Gasteiger partial charge in [0, 0.05) is 18.0 Å². The van der Waals surface area contributed by atoms with Crippen molar-refractivity contribution in [1.29, 1.82) is 0 Å². The smallest absolute Gasteiger partial charge is 0.190 e. The van der Waals surface area contributed by atoms with Crippen molar-refractivity contribution in [2.45, 2.75) is 19.4 Å². The predicted molar refractivity (Wildman–Crippen MR) is 115 cm³/mol. The van der Waals surface area contributed by atoms with Crippen LogP contribution in [0.4, 0.5) is 0 Å². The van der Waals surface area contributed by atoms with E-state index >= 15 is 0 Å². The molecule has 148 valence electrons. The van der Waals surface area contributed by atoms with Gasteiger partial charge in [0.05, 0.1) is 25.0 Å². The van der Waals surface area contributed by atoms with E-state index in [0.717, 1.165) is 17.7 Å². The van der Waals surface area contributed by atoms with E-state index in [1.54, 1.807) is 29.4 Å². The van der Waals surface area contributed by atoms with Gasteiger partial charge in [0.25, 0.3) is 0 Å². The number of benzene rings is 2. The fourth-order valence-corrected chi connectivity index (χ4v) is 3.29. The van der Waals surface area contributed by atoms with Gasteiger partial charge in [0.1, 0.15) is 5.69 Å². The largest absolute Gasteiger partial charge is 0.331 e. The van der Waals surface area contributed by atoms with Crippen molar-refractivity contribution in [2.75, 3.05) is 0 Å². The fourth-order valence-electron chi connectivity index (χ4n) is 3.29. The molecule has 0 saturated carbocycles.